The van der Waals surface area contributed by atoms with Crippen LogP contribution in [0.5, 0.6) is 0 Å². The van der Waals surface area contributed by atoms with Gasteiger partial charge in [0.2, 0.25) is 15.9 Å². The minimum absolute atomic E-state index is 0.0115. The number of carbonyl (C=O) groups excluding carboxylic acids is 1. The van der Waals surface area contributed by atoms with Gasteiger partial charge >= 0.3 is 0 Å². The van der Waals surface area contributed by atoms with E-state index in [2.05, 4.69) is 30.0 Å². The maximum Gasteiger partial charge on any atom is 0.238 e. The molecule has 7 heteroatoms. The van der Waals surface area contributed by atoms with Crippen LogP contribution in [0.15, 0.2) is 24.3 Å². The molecule has 1 aromatic carbocycles. The summed E-state index contributed by atoms with van der Waals surface area (Å²) in [5.74, 6) is -0.0776. The van der Waals surface area contributed by atoms with Crippen LogP contribution < -0.4 is 4.90 Å². The zero-order valence-corrected chi connectivity index (χ0v) is 16.5. The van der Waals surface area contributed by atoms with Crippen molar-refractivity contribution in [3.05, 3.63) is 29.8 Å². The normalized spacial score (nSPS) is 19.3. The van der Waals surface area contributed by atoms with Gasteiger partial charge in [-0.05, 0) is 37.5 Å². The second-order valence-corrected chi connectivity index (χ2v) is 9.39. The van der Waals surface area contributed by atoms with E-state index in [1.807, 2.05) is 6.07 Å². The van der Waals surface area contributed by atoms with Crippen LogP contribution in [0, 0.1) is 6.92 Å². The van der Waals surface area contributed by atoms with Gasteiger partial charge in [0.1, 0.15) is 0 Å². The standard InChI is InChI=1S/C19H29N3O3S/c1-16-6-5-9-18(14-16)20-10-12-21(13-11-20)19(23)15-22(26(2,24)25)17-7-3-4-8-17/h5-6,9,14,17H,3-4,7-8,10-13,15H2,1-2H3. The van der Waals surface area contributed by atoms with Gasteiger partial charge in [0, 0.05) is 37.9 Å². The van der Waals surface area contributed by atoms with Gasteiger partial charge < -0.3 is 9.80 Å². The number of hydrogen-bond donors (Lipinski definition) is 0. The van der Waals surface area contributed by atoms with Crippen LogP contribution in [0.1, 0.15) is 31.2 Å². The number of anilines is 1. The van der Waals surface area contributed by atoms with Gasteiger partial charge in [0.15, 0.2) is 0 Å². The molecule has 1 saturated heterocycles. The molecule has 1 aromatic rings. The van der Waals surface area contributed by atoms with Crippen molar-refractivity contribution in [3.8, 4) is 0 Å². The monoisotopic (exact) mass is 379 g/mol. The Bertz CT molecular complexity index is 736. The fourth-order valence-electron chi connectivity index (χ4n) is 3.98. The number of carbonyl (C=O) groups is 1. The van der Waals surface area contributed by atoms with Gasteiger partial charge in [0.05, 0.1) is 12.8 Å². The first-order chi connectivity index (χ1) is 12.3. The molecule has 1 heterocycles. The summed E-state index contributed by atoms with van der Waals surface area (Å²) in [5, 5.41) is 0. The Morgan fingerprint density at radius 3 is 2.38 bits per heavy atom. The summed E-state index contributed by atoms with van der Waals surface area (Å²) in [6.07, 6.45) is 5.03. The first-order valence-corrected chi connectivity index (χ1v) is 11.3. The highest BCUT2D eigenvalue weighted by Gasteiger charge is 2.32. The number of hydrogen-bond acceptors (Lipinski definition) is 4. The van der Waals surface area contributed by atoms with Crippen LogP contribution in [0.3, 0.4) is 0 Å². The molecule has 0 spiro atoms. The quantitative estimate of drug-likeness (QED) is 0.783. The van der Waals surface area contributed by atoms with Crippen molar-refractivity contribution in [3.63, 3.8) is 0 Å². The van der Waals surface area contributed by atoms with Crippen molar-refractivity contribution in [2.45, 2.75) is 38.6 Å². The predicted molar refractivity (Wildman–Crippen MR) is 104 cm³/mol. The molecule has 1 aliphatic carbocycles. The summed E-state index contributed by atoms with van der Waals surface area (Å²) >= 11 is 0. The fraction of sp³-hybridized carbons (Fsp3) is 0.632. The molecule has 2 fully saturated rings. The van der Waals surface area contributed by atoms with E-state index >= 15 is 0 Å². The molecule has 6 nitrogen and oxygen atoms in total. The van der Waals surface area contributed by atoms with Crippen molar-refractivity contribution in [2.75, 3.05) is 43.9 Å². The molecule has 3 rings (SSSR count). The van der Waals surface area contributed by atoms with E-state index in [4.69, 9.17) is 0 Å². The molecule has 0 bridgehead atoms. The molecule has 0 aromatic heterocycles. The van der Waals surface area contributed by atoms with Crippen LogP contribution >= 0.6 is 0 Å². The number of sulfonamides is 1. The Kier molecular flexibility index (Phi) is 5.87. The molecule has 1 saturated carbocycles. The zero-order chi connectivity index (χ0) is 18.7. The Balaban J connectivity index is 1.59. The lowest BCUT2D eigenvalue weighted by Crippen LogP contribution is -2.53. The van der Waals surface area contributed by atoms with Gasteiger partial charge in [-0.15, -0.1) is 0 Å². The second-order valence-electron chi connectivity index (χ2n) is 7.45. The van der Waals surface area contributed by atoms with Crippen molar-refractivity contribution in [1.29, 1.82) is 0 Å². The van der Waals surface area contributed by atoms with E-state index < -0.39 is 10.0 Å². The number of aryl methyl sites for hydroxylation is 1. The summed E-state index contributed by atoms with van der Waals surface area (Å²) in [6.45, 7) is 4.87. The summed E-state index contributed by atoms with van der Waals surface area (Å²) in [4.78, 5) is 16.8. The summed E-state index contributed by atoms with van der Waals surface area (Å²) < 4.78 is 25.7. The lowest BCUT2D eigenvalue weighted by Gasteiger charge is -2.37. The molecule has 1 aliphatic heterocycles. The number of piperazine rings is 1. The molecule has 1 amide bonds. The molecule has 0 radical (unpaired) electrons. The van der Waals surface area contributed by atoms with Gasteiger partial charge in [0.25, 0.3) is 0 Å². The van der Waals surface area contributed by atoms with Crippen LogP contribution in [0.2, 0.25) is 0 Å². The lowest BCUT2D eigenvalue weighted by atomic mass is 10.2. The maximum absolute atomic E-state index is 12.7. The van der Waals surface area contributed by atoms with E-state index in [0.29, 0.717) is 13.1 Å². The molecular weight excluding hydrogens is 350 g/mol. The first kappa shape index (κ1) is 19.2. The van der Waals surface area contributed by atoms with Gasteiger partial charge in [-0.1, -0.05) is 25.0 Å². The molecule has 2 aliphatic rings. The Hall–Kier alpha value is -1.60. The van der Waals surface area contributed by atoms with E-state index in [1.165, 1.54) is 21.8 Å². The summed E-state index contributed by atoms with van der Waals surface area (Å²) in [5.41, 5.74) is 2.40. The van der Waals surface area contributed by atoms with Gasteiger partial charge in [-0.25, -0.2) is 8.42 Å². The minimum atomic E-state index is -3.37. The smallest absolute Gasteiger partial charge is 0.238 e. The van der Waals surface area contributed by atoms with Crippen molar-refractivity contribution < 1.29 is 13.2 Å². The number of rotatable bonds is 5. The number of amides is 1. The molecule has 0 unspecified atom stereocenters. The Labute approximate surface area is 156 Å². The topological polar surface area (TPSA) is 60.9 Å². The van der Waals surface area contributed by atoms with E-state index in [9.17, 15) is 13.2 Å². The molecule has 26 heavy (non-hydrogen) atoms. The second kappa shape index (κ2) is 7.96. The highest BCUT2D eigenvalue weighted by atomic mass is 32.2. The van der Waals surface area contributed by atoms with Crippen LogP contribution in [0.25, 0.3) is 0 Å². The fourth-order valence-corrected chi connectivity index (χ4v) is 5.08. The van der Waals surface area contributed by atoms with Gasteiger partial charge in [-0.3, -0.25) is 4.79 Å². The lowest BCUT2D eigenvalue weighted by molar-refractivity contribution is -0.132. The number of nitrogens with zero attached hydrogens (tertiary/aromatic N) is 3. The van der Waals surface area contributed by atoms with E-state index in [-0.39, 0.29) is 18.5 Å². The third-order valence-electron chi connectivity index (χ3n) is 5.45. The van der Waals surface area contributed by atoms with E-state index in [0.717, 1.165) is 38.8 Å². The third kappa shape index (κ3) is 4.57. The molecule has 144 valence electrons. The highest BCUT2D eigenvalue weighted by molar-refractivity contribution is 7.88. The largest absolute Gasteiger partial charge is 0.368 e. The SMILES string of the molecule is Cc1cccc(N2CCN(C(=O)CN(C3CCCC3)S(C)(=O)=O)CC2)c1. The van der Waals surface area contributed by atoms with Crippen LogP contribution in [-0.4, -0.2) is 68.6 Å². The Morgan fingerprint density at radius 1 is 1.15 bits per heavy atom. The summed E-state index contributed by atoms with van der Waals surface area (Å²) in [7, 11) is -3.37. The highest BCUT2D eigenvalue weighted by Crippen LogP contribution is 2.25. The van der Waals surface area contributed by atoms with Crippen molar-refractivity contribution >= 4 is 21.6 Å². The maximum atomic E-state index is 12.7. The zero-order valence-electron chi connectivity index (χ0n) is 15.7. The average Bonchev–Trinajstić information content (AvgIpc) is 3.12. The van der Waals surface area contributed by atoms with Crippen LogP contribution in [0.4, 0.5) is 5.69 Å². The summed E-state index contributed by atoms with van der Waals surface area (Å²) in [6, 6.07) is 8.36. The molecule has 0 atom stereocenters. The van der Waals surface area contributed by atoms with E-state index in [1.54, 1.807) is 4.90 Å². The van der Waals surface area contributed by atoms with Gasteiger partial charge in [-0.2, -0.15) is 4.31 Å². The number of benzene rings is 1. The predicted octanol–water partition coefficient (Wildman–Crippen LogP) is 1.85. The van der Waals surface area contributed by atoms with Crippen molar-refractivity contribution in [1.82, 2.24) is 9.21 Å². The minimum Gasteiger partial charge on any atom is -0.368 e. The molecular formula is C19H29N3O3S. The first-order valence-electron chi connectivity index (χ1n) is 9.41. The van der Waals surface area contributed by atoms with Crippen LogP contribution in [-0.2, 0) is 14.8 Å². The molecule has 0 N–H and O–H groups in total. The average molecular weight is 380 g/mol. The Morgan fingerprint density at radius 2 is 1.81 bits per heavy atom. The third-order valence-corrected chi connectivity index (χ3v) is 6.73. The van der Waals surface area contributed by atoms with Crippen molar-refractivity contribution in [2.24, 2.45) is 0 Å².